The van der Waals surface area contributed by atoms with Gasteiger partial charge in [-0.25, -0.2) is 0 Å². The van der Waals surface area contributed by atoms with Crippen molar-refractivity contribution in [3.8, 4) is 0 Å². The fourth-order valence-corrected chi connectivity index (χ4v) is 5.62. The number of nitrogens with zero attached hydrogens (tertiary/aromatic N) is 1. The van der Waals surface area contributed by atoms with Crippen molar-refractivity contribution in [3.05, 3.63) is 101 Å². The number of carbonyl (C=O) groups is 1. The minimum atomic E-state index is -0.692. The third kappa shape index (κ3) is 4.44. The number of rotatable bonds is 5. The van der Waals surface area contributed by atoms with Gasteiger partial charge < -0.3 is 0 Å². The van der Waals surface area contributed by atoms with Gasteiger partial charge in [-0.15, -0.1) is 0 Å². The van der Waals surface area contributed by atoms with E-state index in [1.54, 1.807) is 0 Å². The van der Waals surface area contributed by atoms with Crippen molar-refractivity contribution in [2.45, 2.75) is 6.54 Å². The second-order valence-corrected chi connectivity index (χ2v) is 9.57. The average Bonchev–Trinajstić information content (AvgIpc) is 2.73. The molecular formula is C23H18AsClN2O. The topological polar surface area (TPSA) is 42.0 Å². The molecule has 1 unspecified atom stereocenters. The average molecular weight is 449 g/mol. The number of halogens is 1. The number of benzene rings is 3. The summed E-state index contributed by atoms with van der Waals surface area (Å²) in [6, 6.07) is 25.6. The Bertz CT molecular complexity index is 1130. The van der Waals surface area contributed by atoms with Crippen molar-refractivity contribution >= 4 is 52.9 Å². The predicted molar refractivity (Wildman–Crippen MR) is 117 cm³/mol. The maximum atomic E-state index is 12.5. The molecule has 0 aliphatic heterocycles. The van der Waals surface area contributed by atoms with Gasteiger partial charge in [0.1, 0.15) is 0 Å². The molecule has 0 spiro atoms. The second-order valence-electron chi connectivity index (χ2n) is 6.40. The third-order valence-electron chi connectivity index (χ3n) is 4.41. The summed E-state index contributed by atoms with van der Waals surface area (Å²) in [6.07, 6.45) is 1.84. The number of pyridine rings is 1. The third-order valence-corrected chi connectivity index (χ3v) is 7.24. The summed E-state index contributed by atoms with van der Waals surface area (Å²) in [5.41, 5.74) is 1.76. The molecule has 4 aromatic rings. The van der Waals surface area contributed by atoms with Gasteiger partial charge in [0.05, 0.1) is 0 Å². The molecule has 1 heterocycles. The van der Waals surface area contributed by atoms with E-state index in [1.807, 2.05) is 79.0 Å². The van der Waals surface area contributed by atoms with E-state index < -0.39 is 15.8 Å². The van der Waals surface area contributed by atoms with Crippen LogP contribution in [0.15, 0.2) is 85.1 Å². The number of carbonyl (C=O) groups excluding carboxylic acids is 1. The van der Waals surface area contributed by atoms with E-state index in [9.17, 15) is 4.79 Å². The van der Waals surface area contributed by atoms with Gasteiger partial charge in [-0.05, 0) is 0 Å². The van der Waals surface area contributed by atoms with Crippen molar-refractivity contribution in [3.63, 3.8) is 0 Å². The van der Waals surface area contributed by atoms with E-state index in [1.165, 1.54) is 0 Å². The Morgan fingerprint density at radius 2 is 1.82 bits per heavy atom. The normalized spacial score (nSPS) is 11.2. The first-order chi connectivity index (χ1) is 13.7. The Morgan fingerprint density at radius 1 is 0.964 bits per heavy atom. The summed E-state index contributed by atoms with van der Waals surface area (Å²) in [6.45, 7) is 0.517. The molecule has 5 heteroatoms. The molecule has 28 heavy (non-hydrogen) atoms. The van der Waals surface area contributed by atoms with E-state index >= 15 is 0 Å². The standard InChI is InChI=1S/C23H18AsClN2O/c25-20-10-9-17-11-12-26-22(21(17)14-20)24-19-8-4-7-18(13-19)23(28)27-15-16-5-2-1-3-6-16/h1-14,24H,15H2,(H,27,28). The van der Waals surface area contributed by atoms with Crippen molar-refractivity contribution in [1.82, 2.24) is 10.3 Å². The van der Waals surface area contributed by atoms with Crippen molar-refractivity contribution in [2.24, 2.45) is 0 Å². The molecule has 0 saturated carbocycles. The van der Waals surface area contributed by atoms with E-state index in [4.69, 9.17) is 11.6 Å². The number of aromatic nitrogens is 1. The maximum absolute atomic E-state index is 12.5. The fourth-order valence-electron chi connectivity index (χ4n) is 3.00. The zero-order chi connectivity index (χ0) is 19.3. The van der Waals surface area contributed by atoms with Gasteiger partial charge in [-0.1, -0.05) is 0 Å². The minimum absolute atomic E-state index is 0.0637. The molecule has 0 saturated heterocycles. The molecule has 1 aromatic heterocycles. The molecule has 138 valence electrons. The SMILES string of the molecule is O=C(NCc1ccccc1)c1cccc([AsH]c2nccc3ccc(Cl)cc23)c1. The first-order valence-electron chi connectivity index (χ1n) is 8.92. The van der Waals surface area contributed by atoms with Gasteiger partial charge in [-0.3, -0.25) is 0 Å². The number of nitrogens with one attached hydrogen (secondary N) is 1. The van der Waals surface area contributed by atoms with Gasteiger partial charge in [-0.2, -0.15) is 0 Å². The summed E-state index contributed by atoms with van der Waals surface area (Å²) in [7, 11) is 0. The summed E-state index contributed by atoms with van der Waals surface area (Å²) in [5, 5.41) is 5.92. The zero-order valence-electron chi connectivity index (χ0n) is 15.0. The van der Waals surface area contributed by atoms with Gasteiger partial charge in [0.15, 0.2) is 0 Å². The first-order valence-corrected chi connectivity index (χ1v) is 11.4. The van der Waals surface area contributed by atoms with Crippen molar-refractivity contribution in [1.29, 1.82) is 0 Å². The molecule has 0 fully saturated rings. The van der Waals surface area contributed by atoms with E-state index in [-0.39, 0.29) is 5.91 Å². The number of hydrogen-bond acceptors (Lipinski definition) is 2. The molecule has 3 nitrogen and oxygen atoms in total. The van der Waals surface area contributed by atoms with Crippen LogP contribution in [0.3, 0.4) is 0 Å². The van der Waals surface area contributed by atoms with Crippen LogP contribution in [0.5, 0.6) is 0 Å². The molecular weight excluding hydrogens is 431 g/mol. The Balaban J connectivity index is 1.53. The number of hydrogen-bond donors (Lipinski definition) is 1. The van der Waals surface area contributed by atoms with Gasteiger partial charge in [0.2, 0.25) is 0 Å². The Morgan fingerprint density at radius 3 is 2.68 bits per heavy atom. The van der Waals surface area contributed by atoms with Crippen LogP contribution in [0.1, 0.15) is 15.9 Å². The van der Waals surface area contributed by atoms with Crippen LogP contribution in [-0.4, -0.2) is 26.6 Å². The van der Waals surface area contributed by atoms with Crippen LogP contribution in [0.2, 0.25) is 5.02 Å². The van der Waals surface area contributed by atoms with Gasteiger partial charge >= 0.3 is 176 Å². The van der Waals surface area contributed by atoms with Crippen molar-refractivity contribution in [2.75, 3.05) is 0 Å². The van der Waals surface area contributed by atoms with E-state index in [2.05, 4.69) is 16.4 Å². The van der Waals surface area contributed by atoms with Crippen LogP contribution in [0.4, 0.5) is 0 Å². The summed E-state index contributed by atoms with van der Waals surface area (Å²) < 4.78 is 2.23. The summed E-state index contributed by atoms with van der Waals surface area (Å²) in [4.78, 5) is 17.1. The van der Waals surface area contributed by atoms with Gasteiger partial charge in [0, 0.05) is 0 Å². The molecule has 3 aromatic carbocycles. The monoisotopic (exact) mass is 448 g/mol. The summed E-state index contributed by atoms with van der Waals surface area (Å²) >= 11 is 5.49. The Labute approximate surface area is 175 Å². The molecule has 4 rings (SSSR count). The predicted octanol–water partition coefficient (Wildman–Crippen LogP) is 3.21. The Kier molecular flexibility index (Phi) is 5.75. The first kappa shape index (κ1) is 18.7. The molecule has 1 atom stereocenters. The molecule has 0 bridgehead atoms. The number of fused-ring (bicyclic) bond motifs is 1. The van der Waals surface area contributed by atoms with Gasteiger partial charge in [0.25, 0.3) is 0 Å². The Hall–Kier alpha value is -2.61. The molecule has 1 amide bonds. The molecule has 0 radical (unpaired) electrons. The second kappa shape index (κ2) is 8.60. The van der Waals surface area contributed by atoms with E-state index in [0.29, 0.717) is 17.1 Å². The summed E-state index contributed by atoms with van der Waals surface area (Å²) in [5.74, 6) is -0.0637. The van der Waals surface area contributed by atoms with Crippen molar-refractivity contribution < 1.29 is 4.79 Å². The van der Waals surface area contributed by atoms with E-state index in [0.717, 1.165) is 25.2 Å². The van der Waals surface area contributed by atoms with Crippen LogP contribution >= 0.6 is 11.6 Å². The molecule has 0 aliphatic rings. The molecule has 0 aliphatic carbocycles. The van der Waals surface area contributed by atoms with Crippen LogP contribution in [0, 0.1) is 0 Å². The number of amides is 1. The van der Waals surface area contributed by atoms with Crippen LogP contribution in [-0.2, 0) is 6.54 Å². The molecule has 1 N–H and O–H groups in total. The quantitative estimate of drug-likeness (QED) is 0.476. The zero-order valence-corrected chi connectivity index (χ0v) is 17.9. The van der Waals surface area contributed by atoms with Crippen LogP contribution in [0.25, 0.3) is 10.8 Å². The van der Waals surface area contributed by atoms with Crippen LogP contribution < -0.4 is 14.1 Å². The fraction of sp³-hybridized carbons (Fsp3) is 0.0435.